The van der Waals surface area contributed by atoms with Gasteiger partial charge in [-0.25, -0.2) is 4.79 Å². The van der Waals surface area contributed by atoms with Gasteiger partial charge in [0.15, 0.2) is 0 Å². The number of nitriles is 1. The van der Waals surface area contributed by atoms with Gasteiger partial charge in [-0.1, -0.05) is 12.1 Å². The molecule has 0 fully saturated rings. The number of hydrogen-bond donors (Lipinski definition) is 1. The minimum absolute atomic E-state index is 0.156. The number of ether oxygens (including phenoxy) is 2. The number of nitrogens with one attached hydrogen (secondary N) is 1. The van der Waals surface area contributed by atoms with Crippen molar-refractivity contribution in [2.24, 2.45) is 0 Å². The Morgan fingerprint density at radius 2 is 1.88 bits per heavy atom. The second kappa shape index (κ2) is 9.02. The van der Waals surface area contributed by atoms with Gasteiger partial charge in [-0.15, -0.1) is 11.3 Å². The summed E-state index contributed by atoms with van der Waals surface area (Å²) in [6, 6.07) is 9.29. The lowest BCUT2D eigenvalue weighted by molar-refractivity contribution is -0.115. The zero-order valence-corrected chi connectivity index (χ0v) is 15.7. The van der Waals surface area contributed by atoms with E-state index in [1.54, 1.807) is 26.0 Å². The van der Waals surface area contributed by atoms with Gasteiger partial charge >= 0.3 is 5.97 Å². The van der Waals surface area contributed by atoms with Gasteiger partial charge in [0.05, 0.1) is 25.2 Å². The molecule has 0 aliphatic rings. The number of thiophene rings is 1. The van der Waals surface area contributed by atoms with Crippen molar-refractivity contribution in [1.82, 2.24) is 0 Å². The molecule has 1 aromatic carbocycles. The molecule has 2 aromatic rings. The zero-order valence-electron chi connectivity index (χ0n) is 14.9. The fraction of sp³-hybridized carbons (Fsp3) is 0.316. The number of carbonyl (C=O) groups excluding carboxylic acids is 2. The van der Waals surface area contributed by atoms with Gasteiger partial charge in [0.1, 0.15) is 21.7 Å². The smallest absolute Gasteiger partial charge is 0.348 e. The molecule has 0 unspecified atom stereocenters. The quantitative estimate of drug-likeness (QED) is 0.749. The normalized spacial score (nSPS) is 10.1. The van der Waals surface area contributed by atoms with E-state index in [9.17, 15) is 14.9 Å². The van der Waals surface area contributed by atoms with E-state index in [1.807, 2.05) is 25.1 Å². The topological polar surface area (TPSA) is 88.4 Å². The SMILES string of the molecule is CCOC(=O)c1sc(NC(=O)Cc2ccc(OCC)cc2)c(C#N)c1C. The summed E-state index contributed by atoms with van der Waals surface area (Å²) in [5.41, 5.74) is 1.63. The first-order valence-corrected chi connectivity index (χ1v) is 9.03. The molecule has 0 aliphatic carbocycles. The van der Waals surface area contributed by atoms with Crippen LogP contribution in [0.15, 0.2) is 24.3 Å². The number of amides is 1. The van der Waals surface area contributed by atoms with Crippen molar-refractivity contribution >= 4 is 28.2 Å². The summed E-state index contributed by atoms with van der Waals surface area (Å²) in [5, 5.41) is 12.4. The summed E-state index contributed by atoms with van der Waals surface area (Å²) in [5.74, 6) is -0.00258. The second-order valence-corrected chi connectivity index (χ2v) is 6.42. The van der Waals surface area contributed by atoms with Crippen molar-refractivity contribution in [2.45, 2.75) is 27.2 Å². The van der Waals surface area contributed by atoms with Crippen molar-refractivity contribution in [2.75, 3.05) is 18.5 Å². The highest BCUT2D eigenvalue weighted by Crippen LogP contribution is 2.33. The highest BCUT2D eigenvalue weighted by molar-refractivity contribution is 7.18. The number of carbonyl (C=O) groups is 2. The molecule has 0 radical (unpaired) electrons. The molecule has 0 bridgehead atoms. The summed E-state index contributed by atoms with van der Waals surface area (Å²) in [6.45, 7) is 6.12. The molecule has 1 amide bonds. The van der Waals surface area contributed by atoms with Gasteiger partial charge in [0, 0.05) is 0 Å². The Labute approximate surface area is 156 Å². The lowest BCUT2D eigenvalue weighted by Crippen LogP contribution is -2.14. The summed E-state index contributed by atoms with van der Waals surface area (Å²) < 4.78 is 10.4. The van der Waals surface area contributed by atoms with Gasteiger partial charge < -0.3 is 14.8 Å². The van der Waals surface area contributed by atoms with Crippen molar-refractivity contribution in [3.05, 3.63) is 45.8 Å². The Morgan fingerprint density at radius 3 is 2.46 bits per heavy atom. The van der Waals surface area contributed by atoms with Crippen LogP contribution in [-0.4, -0.2) is 25.1 Å². The molecule has 0 saturated carbocycles. The Kier molecular flexibility index (Phi) is 6.75. The second-order valence-electron chi connectivity index (χ2n) is 5.39. The molecule has 0 saturated heterocycles. The molecular weight excluding hydrogens is 352 g/mol. The van der Waals surface area contributed by atoms with E-state index in [0.29, 0.717) is 22.0 Å². The summed E-state index contributed by atoms with van der Waals surface area (Å²) >= 11 is 1.06. The van der Waals surface area contributed by atoms with Crippen LogP contribution >= 0.6 is 11.3 Å². The van der Waals surface area contributed by atoms with Gasteiger partial charge in [-0.3, -0.25) is 4.79 Å². The molecule has 0 aliphatic heterocycles. The van der Waals surface area contributed by atoms with E-state index in [1.165, 1.54) is 0 Å². The van der Waals surface area contributed by atoms with Gasteiger partial charge in [0.25, 0.3) is 0 Å². The van der Waals surface area contributed by atoms with Crippen LogP contribution in [0.2, 0.25) is 0 Å². The van der Waals surface area contributed by atoms with Crippen LogP contribution in [0.4, 0.5) is 5.00 Å². The number of esters is 1. The Hall–Kier alpha value is -2.85. The molecule has 0 spiro atoms. The standard InChI is InChI=1S/C19H20N2O4S/c1-4-24-14-8-6-13(7-9-14)10-16(22)21-18-15(11-20)12(3)17(26-18)19(23)25-5-2/h6-9H,4-5,10H2,1-3H3,(H,21,22). The number of nitrogens with zero attached hydrogens (tertiary/aromatic N) is 1. The first-order valence-electron chi connectivity index (χ1n) is 8.22. The molecule has 2 rings (SSSR count). The lowest BCUT2D eigenvalue weighted by atomic mass is 10.1. The largest absolute Gasteiger partial charge is 0.494 e. The molecule has 0 atom stereocenters. The molecular formula is C19H20N2O4S. The third-order valence-electron chi connectivity index (χ3n) is 3.57. The van der Waals surface area contributed by atoms with Crippen LogP contribution in [-0.2, 0) is 16.0 Å². The predicted octanol–water partition coefficient (Wildman–Crippen LogP) is 3.68. The van der Waals surface area contributed by atoms with Gasteiger partial charge in [-0.2, -0.15) is 5.26 Å². The van der Waals surface area contributed by atoms with Gasteiger partial charge in [-0.05, 0) is 44.0 Å². The van der Waals surface area contributed by atoms with Crippen LogP contribution in [0.5, 0.6) is 5.75 Å². The number of benzene rings is 1. The summed E-state index contributed by atoms with van der Waals surface area (Å²) in [6.07, 6.45) is 0.156. The monoisotopic (exact) mass is 372 g/mol. The Bertz CT molecular complexity index is 834. The predicted molar refractivity (Wildman–Crippen MR) is 99.7 cm³/mol. The lowest BCUT2D eigenvalue weighted by Gasteiger charge is -2.06. The van der Waals surface area contributed by atoms with Crippen LogP contribution in [0.1, 0.15) is 40.2 Å². The van der Waals surface area contributed by atoms with Crippen molar-refractivity contribution in [1.29, 1.82) is 5.26 Å². The molecule has 1 heterocycles. The average Bonchev–Trinajstić information content (AvgIpc) is 2.92. The summed E-state index contributed by atoms with van der Waals surface area (Å²) in [7, 11) is 0. The summed E-state index contributed by atoms with van der Waals surface area (Å²) in [4.78, 5) is 24.6. The van der Waals surface area contributed by atoms with E-state index in [4.69, 9.17) is 9.47 Å². The molecule has 1 aromatic heterocycles. The number of rotatable bonds is 7. The van der Waals surface area contributed by atoms with Crippen LogP contribution < -0.4 is 10.1 Å². The molecule has 6 nitrogen and oxygen atoms in total. The Morgan fingerprint density at radius 1 is 1.19 bits per heavy atom. The fourth-order valence-corrected chi connectivity index (χ4v) is 3.42. The first kappa shape index (κ1) is 19.5. The van der Waals surface area contributed by atoms with Gasteiger partial charge in [0.2, 0.25) is 5.91 Å². The zero-order chi connectivity index (χ0) is 19.1. The van der Waals surface area contributed by atoms with E-state index < -0.39 is 5.97 Å². The van der Waals surface area contributed by atoms with E-state index in [2.05, 4.69) is 5.32 Å². The molecule has 1 N–H and O–H groups in total. The van der Waals surface area contributed by atoms with Crippen molar-refractivity contribution in [3.8, 4) is 11.8 Å². The third kappa shape index (κ3) is 4.61. The Balaban J connectivity index is 2.12. The van der Waals surface area contributed by atoms with Crippen molar-refractivity contribution in [3.63, 3.8) is 0 Å². The molecule has 26 heavy (non-hydrogen) atoms. The van der Waals surface area contributed by atoms with Crippen LogP contribution in [0.25, 0.3) is 0 Å². The third-order valence-corrected chi connectivity index (χ3v) is 4.76. The van der Waals surface area contributed by atoms with Crippen LogP contribution in [0, 0.1) is 18.3 Å². The molecule has 7 heteroatoms. The highest BCUT2D eigenvalue weighted by Gasteiger charge is 2.22. The van der Waals surface area contributed by atoms with Crippen LogP contribution in [0.3, 0.4) is 0 Å². The average molecular weight is 372 g/mol. The van der Waals surface area contributed by atoms with E-state index in [0.717, 1.165) is 22.6 Å². The number of anilines is 1. The fourth-order valence-electron chi connectivity index (χ4n) is 2.35. The maximum atomic E-state index is 12.3. The minimum atomic E-state index is -0.487. The van der Waals surface area contributed by atoms with E-state index >= 15 is 0 Å². The number of hydrogen-bond acceptors (Lipinski definition) is 6. The minimum Gasteiger partial charge on any atom is -0.494 e. The van der Waals surface area contributed by atoms with Crippen molar-refractivity contribution < 1.29 is 19.1 Å². The molecule has 136 valence electrons. The highest BCUT2D eigenvalue weighted by atomic mass is 32.1. The first-order chi connectivity index (χ1) is 12.5. The maximum Gasteiger partial charge on any atom is 0.348 e. The maximum absolute atomic E-state index is 12.3. The van der Waals surface area contributed by atoms with E-state index in [-0.39, 0.29) is 24.5 Å².